The fraction of sp³-hybridized carbons (Fsp3) is 0.633. The van der Waals surface area contributed by atoms with Crippen molar-refractivity contribution in [1.82, 2.24) is 29.6 Å². The molecule has 226 valence electrons. The molecule has 0 spiro atoms. The summed E-state index contributed by atoms with van der Waals surface area (Å²) >= 11 is 0. The average Bonchev–Trinajstić information content (AvgIpc) is 3.75. The minimum absolute atomic E-state index is 0.00293. The van der Waals surface area contributed by atoms with E-state index in [2.05, 4.69) is 41.3 Å². The standard InChI is InChI=1S/C30H44N8O3Si/c1-42(2,3)17-16-40-21-37-14-10-23-28(34-20-35-30(23)37)24-19-38(25(8-11-31)22-6-4-5-7-22)36-29(24)33-12-9-26(39)27-18-32-13-15-41-27/h10,14,19-20,22,25,27,32H,4-9,12-13,15-18,21H2,1-3H3,(H,33,36). The average molecular weight is 593 g/mol. The zero-order valence-electron chi connectivity index (χ0n) is 25.1. The zero-order valence-corrected chi connectivity index (χ0v) is 26.1. The monoisotopic (exact) mass is 592 g/mol. The summed E-state index contributed by atoms with van der Waals surface area (Å²) in [6, 6.07) is 5.51. The molecule has 3 aromatic rings. The first kappa shape index (κ1) is 30.3. The summed E-state index contributed by atoms with van der Waals surface area (Å²) in [4.78, 5) is 22.0. The van der Waals surface area contributed by atoms with Gasteiger partial charge in [-0.2, -0.15) is 10.4 Å². The van der Waals surface area contributed by atoms with Crippen molar-refractivity contribution in [3.8, 4) is 17.3 Å². The van der Waals surface area contributed by atoms with Gasteiger partial charge in [0.1, 0.15) is 24.8 Å². The predicted molar refractivity (Wildman–Crippen MR) is 165 cm³/mol. The first-order valence-electron chi connectivity index (χ1n) is 15.3. The second-order valence-electron chi connectivity index (χ2n) is 12.6. The largest absolute Gasteiger partial charge is 0.368 e. The number of carbonyl (C=O) groups is 1. The van der Waals surface area contributed by atoms with Crippen molar-refractivity contribution in [2.45, 2.75) is 83.1 Å². The number of carbonyl (C=O) groups excluding carboxylic acids is 1. The number of anilines is 1. The third kappa shape index (κ3) is 7.44. The van der Waals surface area contributed by atoms with E-state index >= 15 is 0 Å². The zero-order chi connectivity index (χ0) is 29.5. The highest BCUT2D eigenvalue weighted by Gasteiger charge is 2.29. The Balaban J connectivity index is 1.40. The maximum atomic E-state index is 12.8. The van der Waals surface area contributed by atoms with Crippen LogP contribution in [0.3, 0.4) is 0 Å². The lowest BCUT2D eigenvalue weighted by Crippen LogP contribution is -2.43. The molecule has 11 nitrogen and oxygen atoms in total. The predicted octanol–water partition coefficient (Wildman–Crippen LogP) is 4.61. The van der Waals surface area contributed by atoms with Crippen LogP contribution in [0, 0.1) is 17.2 Å². The Morgan fingerprint density at radius 3 is 2.88 bits per heavy atom. The van der Waals surface area contributed by atoms with E-state index < -0.39 is 14.2 Å². The summed E-state index contributed by atoms with van der Waals surface area (Å²) in [5.41, 5.74) is 2.40. The molecule has 2 atom stereocenters. The molecule has 12 heteroatoms. The molecular formula is C30H44N8O3Si. The first-order valence-corrected chi connectivity index (χ1v) is 19.0. The number of ether oxygens (including phenoxy) is 2. The first-order chi connectivity index (χ1) is 20.3. The molecule has 2 unspecified atom stereocenters. The van der Waals surface area contributed by atoms with Gasteiger partial charge in [0.15, 0.2) is 11.6 Å². The Labute approximate surface area is 249 Å². The van der Waals surface area contributed by atoms with Gasteiger partial charge in [-0.25, -0.2) is 9.97 Å². The number of aromatic nitrogens is 5. The summed E-state index contributed by atoms with van der Waals surface area (Å²) in [7, 11) is -1.17. The number of morpholine rings is 1. The summed E-state index contributed by atoms with van der Waals surface area (Å²) in [6.07, 6.45) is 10.5. The maximum Gasteiger partial charge on any atom is 0.164 e. The van der Waals surface area contributed by atoms with Crippen LogP contribution in [-0.2, 0) is 21.0 Å². The molecule has 0 amide bonds. The number of fused-ring (bicyclic) bond motifs is 1. The van der Waals surface area contributed by atoms with Crippen LogP contribution in [0.4, 0.5) is 5.82 Å². The van der Waals surface area contributed by atoms with Gasteiger partial charge in [0.25, 0.3) is 0 Å². The minimum atomic E-state index is -1.17. The van der Waals surface area contributed by atoms with Crippen LogP contribution in [0.2, 0.25) is 25.7 Å². The lowest BCUT2D eigenvalue weighted by Gasteiger charge is -2.22. The molecule has 1 aliphatic heterocycles. The molecule has 0 radical (unpaired) electrons. The number of nitriles is 1. The molecule has 3 aromatic heterocycles. The van der Waals surface area contributed by atoms with Gasteiger partial charge in [-0.15, -0.1) is 0 Å². The summed E-state index contributed by atoms with van der Waals surface area (Å²) < 4.78 is 15.6. The number of ketones is 1. The van der Waals surface area contributed by atoms with Gasteiger partial charge in [-0.05, 0) is 30.9 Å². The van der Waals surface area contributed by atoms with Crippen LogP contribution in [0.15, 0.2) is 24.8 Å². The van der Waals surface area contributed by atoms with Crippen LogP contribution in [-0.4, -0.2) is 77.1 Å². The van der Waals surface area contributed by atoms with E-state index in [1.54, 1.807) is 6.33 Å². The third-order valence-corrected chi connectivity index (χ3v) is 10.0. The van der Waals surface area contributed by atoms with Crippen LogP contribution in [0.1, 0.15) is 44.6 Å². The van der Waals surface area contributed by atoms with Gasteiger partial charge in [0.05, 0.1) is 36.4 Å². The molecule has 2 N–H and O–H groups in total. The normalized spacial score (nSPS) is 18.8. The van der Waals surface area contributed by atoms with Crippen molar-refractivity contribution in [2.24, 2.45) is 5.92 Å². The Bertz CT molecular complexity index is 1380. The van der Waals surface area contributed by atoms with Crippen molar-refractivity contribution in [1.29, 1.82) is 5.26 Å². The number of rotatable bonds is 14. The molecular weight excluding hydrogens is 548 g/mol. The van der Waals surface area contributed by atoms with Crippen molar-refractivity contribution >= 4 is 30.7 Å². The van der Waals surface area contributed by atoms with Gasteiger partial charge >= 0.3 is 0 Å². The van der Waals surface area contributed by atoms with Crippen LogP contribution >= 0.6 is 0 Å². The number of Topliss-reactive ketones (excluding diaryl/α,β-unsaturated/α-hetero) is 1. The van der Waals surface area contributed by atoms with E-state index in [-0.39, 0.29) is 11.8 Å². The van der Waals surface area contributed by atoms with E-state index in [0.717, 1.165) is 54.3 Å². The third-order valence-electron chi connectivity index (χ3n) is 8.30. The van der Waals surface area contributed by atoms with E-state index in [0.29, 0.717) is 51.0 Å². The molecule has 4 heterocycles. The fourth-order valence-corrected chi connectivity index (χ4v) is 6.64. The molecule has 5 rings (SSSR count). The fourth-order valence-electron chi connectivity index (χ4n) is 5.88. The lowest BCUT2D eigenvalue weighted by molar-refractivity contribution is -0.131. The summed E-state index contributed by atoms with van der Waals surface area (Å²) in [6.45, 7) is 10.5. The summed E-state index contributed by atoms with van der Waals surface area (Å²) in [5, 5.41) is 22.2. The van der Waals surface area contributed by atoms with E-state index in [1.165, 1.54) is 12.8 Å². The molecule has 1 aliphatic carbocycles. The highest BCUT2D eigenvalue weighted by Crippen LogP contribution is 2.38. The topological polar surface area (TPSA) is 132 Å². The van der Waals surface area contributed by atoms with Crippen molar-refractivity contribution < 1.29 is 14.3 Å². The molecule has 2 aliphatic rings. The Hall–Kier alpha value is -3.11. The van der Waals surface area contributed by atoms with Crippen molar-refractivity contribution in [3.63, 3.8) is 0 Å². The van der Waals surface area contributed by atoms with Gasteiger partial charge in [-0.1, -0.05) is 32.5 Å². The van der Waals surface area contributed by atoms with Crippen LogP contribution in [0.5, 0.6) is 0 Å². The van der Waals surface area contributed by atoms with Crippen molar-refractivity contribution in [3.05, 3.63) is 24.8 Å². The number of nitrogens with zero attached hydrogens (tertiary/aromatic N) is 6. The lowest BCUT2D eigenvalue weighted by atomic mass is 9.96. The molecule has 0 aromatic carbocycles. The maximum absolute atomic E-state index is 12.8. The Morgan fingerprint density at radius 1 is 1.31 bits per heavy atom. The van der Waals surface area contributed by atoms with E-state index in [4.69, 9.17) is 19.6 Å². The number of hydrogen-bond acceptors (Lipinski definition) is 9. The molecule has 1 saturated carbocycles. The number of hydrogen-bond donors (Lipinski definition) is 2. The molecule has 42 heavy (non-hydrogen) atoms. The second kappa shape index (κ2) is 13.9. The molecule has 1 saturated heterocycles. The van der Waals surface area contributed by atoms with Gasteiger partial charge in [0.2, 0.25) is 0 Å². The van der Waals surface area contributed by atoms with E-state index in [1.807, 2.05) is 27.7 Å². The SMILES string of the molecule is C[Si](C)(C)CCOCn1ccc2c(-c3cn(C(CC#N)C4CCCC4)nc3NCCC(=O)C3CNCCO3)ncnc21. The smallest absolute Gasteiger partial charge is 0.164 e. The van der Waals surface area contributed by atoms with E-state index in [9.17, 15) is 10.1 Å². The van der Waals surface area contributed by atoms with Crippen molar-refractivity contribution in [2.75, 3.05) is 38.2 Å². The van der Waals surface area contributed by atoms with Gasteiger partial charge < -0.3 is 24.7 Å². The van der Waals surface area contributed by atoms with Crippen LogP contribution in [0.25, 0.3) is 22.3 Å². The highest BCUT2D eigenvalue weighted by molar-refractivity contribution is 6.76. The van der Waals surface area contributed by atoms with Gasteiger partial charge in [-0.3, -0.25) is 9.48 Å². The second-order valence-corrected chi connectivity index (χ2v) is 18.3. The highest BCUT2D eigenvalue weighted by atomic mass is 28.3. The summed E-state index contributed by atoms with van der Waals surface area (Å²) in [5.74, 6) is 1.15. The molecule has 2 fully saturated rings. The number of nitrogens with one attached hydrogen (secondary N) is 2. The minimum Gasteiger partial charge on any atom is -0.368 e. The molecule has 0 bridgehead atoms. The Morgan fingerprint density at radius 2 is 2.14 bits per heavy atom. The quantitative estimate of drug-likeness (QED) is 0.203. The van der Waals surface area contributed by atoms with Gasteiger partial charge in [0, 0.05) is 58.5 Å². The Kier molecular flexibility index (Phi) is 10.0. The van der Waals surface area contributed by atoms with Crippen LogP contribution < -0.4 is 10.6 Å².